The van der Waals surface area contributed by atoms with Crippen LogP contribution < -0.4 is 9.80 Å². The fraction of sp³-hybridized carbons (Fsp3) is 0.286. The van der Waals surface area contributed by atoms with E-state index in [0.717, 1.165) is 32.0 Å². The van der Waals surface area contributed by atoms with Gasteiger partial charge >= 0.3 is 0 Å². The second-order valence-electron chi connectivity index (χ2n) is 4.37. The van der Waals surface area contributed by atoms with Crippen LogP contribution in [0.5, 0.6) is 0 Å². The highest BCUT2D eigenvalue weighted by Gasteiger charge is 2.17. The Morgan fingerprint density at radius 3 is 2.17 bits per heavy atom. The Hall–Kier alpha value is -2.10. The molecule has 4 nitrogen and oxygen atoms in total. The fourth-order valence-corrected chi connectivity index (χ4v) is 2.29. The first kappa shape index (κ1) is 11.0. The van der Waals surface area contributed by atoms with E-state index < -0.39 is 0 Å². The zero-order valence-corrected chi connectivity index (χ0v) is 10.2. The summed E-state index contributed by atoms with van der Waals surface area (Å²) >= 11 is 0. The molecule has 0 amide bonds. The van der Waals surface area contributed by atoms with Crippen LogP contribution >= 0.6 is 0 Å². The molecular formula is C14H16N4. The third kappa shape index (κ3) is 2.27. The van der Waals surface area contributed by atoms with Crippen LogP contribution in [-0.2, 0) is 0 Å². The average Bonchev–Trinajstić information content (AvgIpc) is 2.49. The van der Waals surface area contributed by atoms with E-state index in [1.54, 1.807) is 0 Å². The van der Waals surface area contributed by atoms with Crippen molar-refractivity contribution >= 4 is 11.5 Å². The van der Waals surface area contributed by atoms with Gasteiger partial charge in [0, 0.05) is 50.5 Å². The van der Waals surface area contributed by atoms with Crippen molar-refractivity contribution in [2.24, 2.45) is 0 Å². The summed E-state index contributed by atoms with van der Waals surface area (Å²) in [6.07, 6.45) is 5.55. The lowest BCUT2D eigenvalue weighted by Crippen LogP contribution is -2.46. The van der Waals surface area contributed by atoms with Crippen LogP contribution in [0.1, 0.15) is 0 Å². The number of hydrogen-bond acceptors (Lipinski definition) is 4. The molecule has 0 N–H and O–H groups in total. The van der Waals surface area contributed by atoms with Gasteiger partial charge in [-0.25, -0.2) is 4.98 Å². The predicted molar refractivity (Wildman–Crippen MR) is 72.9 cm³/mol. The molecule has 0 spiro atoms. The Morgan fingerprint density at radius 1 is 0.778 bits per heavy atom. The summed E-state index contributed by atoms with van der Waals surface area (Å²) in [6.45, 7) is 4.08. The minimum Gasteiger partial charge on any atom is -0.368 e. The first-order valence-electron chi connectivity index (χ1n) is 6.24. The van der Waals surface area contributed by atoms with E-state index in [0.29, 0.717) is 0 Å². The molecule has 0 unspecified atom stereocenters. The van der Waals surface area contributed by atoms with E-state index in [-0.39, 0.29) is 0 Å². The molecule has 18 heavy (non-hydrogen) atoms. The van der Waals surface area contributed by atoms with Gasteiger partial charge in [0.2, 0.25) is 0 Å². The zero-order chi connectivity index (χ0) is 12.2. The van der Waals surface area contributed by atoms with E-state index in [4.69, 9.17) is 0 Å². The molecular weight excluding hydrogens is 224 g/mol. The average molecular weight is 240 g/mol. The minimum atomic E-state index is 1.01. The van der Waals surface area contributed by atoms with Crippen molar-refractivity contribution in [1.29, 1.82) is 0 Å². The predicted octanol–water partition coefficient (Wildman–Crippen LogP) is 1.80. The molecule has 0 bridgehead atoms. The second-order valence-corrected chi connectivity index (χ2v) is 4.37. The summed E-state index contributed by atoms with van der Waals surface area (Å²) in [5, 5.41) is 0. The molecule has 0 atom stereocenters. The van der Waals surface area contributed by atoms with E-state index in [1.807, 2.05) is 30.7 Å². The first-order chi connectivity index (χ1) is 8.93. The smallest absolute Gasteiger partial charge is 0.128 e. The van der Waals surface area contributed by atoms with Crippen molar-refractivity contribution in [2.45, 2.75) is 0 Å². The molecule has 1 fully saturated rings. The van der Waals surface area contributed by atoms with Crippen LogP contribution in [0.2, 0.25) is 0 Å². The third-order valence-electron chi connectivity index (χ3n) is 3.28. The molecule has 1 saturated heterocycles. The van der Waals surface area contributed by atoms with E-state index >= 15 is 0 Å². The number of rotatable bonds is 2. The number of pyridine rings is 2. The van der Waals surface area contributed by atoms with Crippen molar-refractivity contribution in [3.8, 4) is 0 Å². The van der Waals surface area contributed by atoms with E-state index in [2.05, 4.69) is 38.0 Å². The van der Waals surface area contributed by atoms with Crippen molar-refractivity contribution < 1.29 is 0 Å². The molecule has 3 heterocycles. The van der Waals surface area contributed by atoms with Gasteiger partial charge in [-0.2, -0.15) is 0 Å². The number of hydrogen-bond donors (Lipinski definition) is 0. The fourth-order valence-electron chi connectivity index (χ4n) is 2.29. The highest BCUT2D eigenvalue weighted by atomic mass is 15.3. The lowest BCUT2D eigenvalue weighted by Gasteiger charge is -2.36. The molecule has 0 radical (unpaired) electrons. The summed E-state index contributed by atoms with van der Waals surface area (Å²) in [5.41, 5.74) is 1.26. The molecule has 0 saturated carbocycles. The molecule has 2 aromatic rings. The SMILES string of the molecule is c1ccc(N2CCN(c3ccncc3)CC2)nc1. The number of piperazine rings is 1. The molecule has 1 aliphatic rings. The van der Waals surface area contributed by atoms with E-state index in [1.165, 1.54) is 5.69 Å². The molecule has 1 aliphatic heterocycles. The van der Waals surface area contributed by atoms with Gasteiger partial charge in [-0.05, 0) is 24.3 Å². The van der Waals surface area contributed by atoms with Crippen molar-refractivity contribution in [3.63, 3.8) is 0 Å². The summed E-state index contributed by atoms with van der Waals surface area (Å²) < 4.78 is 0. The van der Waals surface area contributed by atoms with Crippen LogP contribution in [0.3, 0.4) is 0 Å². The Bertz CT molecular complexity index is 430. The lowest BCUT2D eigenvalue weighted by atomic mass is 10.2. The Labute approximate surface area is 107 Å². The van der Waals surface area contributed by atoms with Gasteiger partial charge in [-0.15, -0.1) is 0 Å². The summed E-state index contributed by atoms with van der Waals surface area (Å²) in [6, 6.07) is 10.2. The quantitative estimate of drug-likeness (QED) is 0.801. The molecule has 3 rings (SSSR count). The van der Waals surface area contributed by atoms with Gasteiger partial charge in [-0.3, -0.25) is 4.98 Å². The van der Waals surface area contributed by atoms with Crippen LogP contribution in [-0.4, -0.2) is 36.1 Å². The Balaban J connectivity index is 1.65. The Morgan fingerprint density at radius 2 is 1.50 bits per heavy atom. The molecule has 2 aromatic heterocycles. The van der Waals surface area contributed by atoms with Crippen LogP contribution in [0.25, 0.3) is 0 Å². The van der Waals surface area contributed by atoms with Crippen LogP contribution in [0.4, 0.5) is 11.5 Å². The number of nitrogens with zero attached hydrogens (tertiary/aromatic N) is 4. The monoisotopic (exact) mass is 240 g/mol. The van der Waals surface area contributed by atoms with Gasteiger partial charge in [0.1, 0.15) is 5.82 Å². The maximum absolute atomic E-state index is 4.40. The Kier molecular flexibility index (Phi) is 3.08. The largest absolute Gasteiger partial charge is 0.368 e. The van der Waals surface area contributed by atoms with Crippen molar-refractivity contribution in [1.82, 2.24) is 9.97 Å². The highest BCUT2D eigenvalue weighted by molar-refractivity contribution is 5.48. The first-order valence-corrected chi connectivity index (χ1v) is 6.24. The van der Waals surface area contributed by atoms with Crippen molar-refractivity contribution in [2.75, 3.05) is 36.0 Å². The zero-order valence-electron chi connectivity index (χ0n) is 10.2. The normalized spacial score (nSPS) is 15.8. The van der Waals surface area contributed by atoms with Crippen molar-refractivity contribution in [3.05, 3.63) is 48.9 Å². The maximum atomic E-state index is 4.40. The topological polar surface area (TPSA) is 32.3 Å². The summed E-state index contributed by atoms with van der Waals surface area (Å²) in [7, 11) is 0. The van der Waals surface area contributed by atoms with Gasteiger partial charge in [0.05, 0.1) is 0 Å². The van der Waals surface area contributed by atoms with E-state index in [9.17, 15) is 0 Å². The second kappa shape index (κ2) is 5.04. The summed E-state index contributed by atoms with van der Waals surface area (Å²) in [5.74, 6) is 1.08. The van der Waals surface area contributed by atoms with Gasteiger partial charge in [0.25, 0.3) is 0 Å². The lowest BCUT2D eigenvalue weighted by molar-refractivity contribution is 0.647. The standard InChI is InChI=1S/C14H16N4/c1-2-6-16-14(3-1)18-11-9-17(10-12-18)13-4-7-15-8-5-13/h1-8H,9-12H2. The van der Waals surface area contributed by atoms with Crippen LogP contribution in [0, 0.1) is 0 Å². The summed E-state index contributed by atoms with van der Waals surface area (Å²) in [4.78, 5) is 13.2. The van der Waals surface area contributed by atoms with Gasteiger partial charge < -0.3 is 9.80 Å². The molecule has 0 aliphatic carbocycles. The van der Waals surface area contributed by atoms with Gasteiger partial charge in [0.15, 0.2) is 0 Å². The number of anilines is 2. The van der Waals surface area contributed by atoms with Crippen LogP contribution in [0.15, 0.2) is 48.9 Å². The third-order valence-corrected chi connectivity index (χ3v) is 3.28. The van der Waals surface area contributed by atoms with Gasteiger partial charge in [-0.1, -0.05) is 6.07 Å². The number of aromatic nitrogens is 2. The maximum Gasteiger partial charge on any atom is 0.128 e. The molecule has 0 aromatic carbocycles. The highest BCUT2D eigenvalue weighted by Crippen LogP contribution is 2.17. The minimum absolute atomic E-state index is 1.01. The molecule has 92 valence electrons. The molecule has 4 heteroatoms.